The number of carbonyl (C=O) groups excluding carboxylic acids is 1. The first-order valence-electron chi connectivity index (χ1n) is 10.5. The van der Waals surface area contributed by atoms with E-state index in [1.54, 1.807) is 0 Å². The van der Waals surface area contributed by atoms with E-state index < -0.39 is 5.79 Å². The summed E-state index contributed by atoms with van der Waals surface area (Å²) in [5.41, 5.74) is 2.83. The Morgan fingerprint density at radius 3 is 2.46 bits per heavy atom. The minimum Gasteiger partial charge on any atom is -0.347 e. The van der Waals surface area contributed by atoms with Crippen LogP contribution >= 0.6 is 0 Å². The Hall–Kier alpha value is -2.18. The lowest BCUT2D eigenvalue weighted by atomic mass is 10.0. The lowest BCUT2D eigenvalue weighted by Gasteiger charge is -2.37. The van der Waals surface area contributed by atoms with Crippen LogP contribution in [0.4, 0.5) is 0 Å². The third-order valence-electron chi connectivity index (χ3n) is 6.23. The van der Waals surface area contributed by atoms with Crippen LogP contribution in [0.3, 0.4) is 0 Å². The first kappa shape index (κ1) is 17.9. The third-order valence-corrected chi connectivity index (χ3v) is 6.23. The van der Waals surface area contributed by atoms with Crippen molar-refractivity contribution < 1.29 is 14.3 Å². The zero-order valence-electron chi connectivity index (χ0n) is 16.2. The maximum Gasteiger partial charge on any atom is 0.274 e. The summed E-state index contributed by atoms with van der Waals surface area (Å²) < 4.78 is 13.9. The highest BCUT2D eigenvalue weighted by Gasteiger charge is 2.41. The number of nitrogens with zero attached hydrogens (tertiary/aromatic N) is 3. The van der Waals surface area contributed by atoms with Crippen LogP contribution < -0.4 is 0 Å². The summed E-state index contributed by atoms with van der Waals surface area (Å²) in [6, 6.07) is 10.2. The highest BCUT2D eigenvalue weighted by molar-refractivity contribution is 5.94. The van der Waals surface area contributed by atoms with E-state index in [4.69, 9.17) is 14.5 Å². The molecule has 2 saturated heterocycles. The van der Waals surface area contributed by atoms with Gasteiger partial charge in [-0.3, -0.25) is 4.79 Å². The van der Waals surface area contributed by atoms with Crippen LogP contribution in [0.1, 0.15) is 48.3 Å². The first-order valence-corrected chi connectivity index (χ1v) is 10.5. The number of piperidine rings is 1. The topological polar surface area (TPSA) is 56.6 Å². The van der Waals surface area contributed by atoms with Gasteiger partial charge in [-0.05, 0) is 19.3 Å². The average molecular weight is 381 g/mol. The van der Waals surface area contributed by atoms with E-state index in [0.29, 0.717) is 32.0 Å². The van der Waals surface area contributed by atoms with Crippen LogP contribution in [0, 0.1) is 0 Å². The van der Waals surface area contributed by atoms with Gasteiger partial charge in [-0.1, -0.05) is 36.8 Å². The molecule has 1 aromatic carbocycles. The Kier molecular flexibility index (Phi) is 4.69. The summed E-state index contributed by atoms with van der Waals surface area (Å²) in [7, 11) is 0. The SMILES string of the molecule is O=C(c1nc(-c2ccccc2)n2c1CCCCC2)N1CCC2(CC1)OCCO2. The number of carbonyl (C=O) groups is 1. The number of rotatable bonds is 2. The second-order valence-corrected chi connectivity index (χ2v) is 7.96. The number of fused-ring (bicyclic) bond motifs is 1. The Bertz CT molecular complexity index is 845. The Morgan fingerprint density at radius 2 is 1.71 bits per heavy atom. The summed E-state index contributed by atoms with van der Waals surface area (Å²) in [6.07, 6.45) is 5.85. The average Bonchev–Trinajstić information content (AvgIpc) is 3.26. The molecule has 6 nitrogen and oxygen atoms in total. The van der Waals surface area contributed by atoms with E-state index in [9.17, 15) is 4.79 Å². The van der Waals surface area contributed by atoms with Gasteiger partial charge in [0.1, 0.15) is 11.5 Å². The summed E-state index contributed by atoms with van der Waals surface area (Å²) in [5.74, 6) is 0.523. The molecule has 0 unspecified atom stereocenters. The molecule has 0 radical (unpaired) electrons. The molecule has 0 saturated carbocycles. The van der Waals surface area contributed by atoms with Gasteiger partial charge in [0.2, 0.25) is 0 Å². The number of likely N-dealkylation sites (tertiary alicyclic amines) is 1. The molecule has 4 heterocycles. The zero-order valence-corrected chi connectivity index (χ0v) is 16.2. The monoisotopic (exact) mass is 381 g/mol. The number of hydrogen-bond acceptors (Lipinski definition) is 4. The van der Waals surface area contributed by atoms with E-state index >= 15 is 0 Å². The van der Waals surface area contributed by atoms with E-state index in [1.807, 2.05) is 23.1 Å². The quantitative estimate of drug-likeness (QED) is 0.801. The van der Waals surface area contributed by atoms with E-state index in [1.165, 1.54) is 6.42 Å². The molecule has 1 aromatic heterocycles. The Morgan fingerprint density at radius 1 is 0.964 bits per heavy atom. The molecular formula is C22H27N3O3. The number of benzene rings is 1. The van der Waals surface area contributed by atoms with E-state index in [0.717, 1.165) is 55.7 Å². The Balaban J connectivity index is 1.44. The van der Waals surface area contributed by atoms with Crippen LogP contribution in [0.5, 0.6) is 0 Å². The van der Waals surface area contributed by atoms with Crippen LogP contribution in [-0.4, -0.2) is 52.4 Å². The molecule has 0 bridgehead atoms. The van der Waals surface area contributed by atoms with Crippen molar-refractivity contribution in [1.82, 2.24) is 14.5 Å². The molecule has 2 aromatic rings. The molecule has 0 N–H and O–H groups in total. The minimum atomic E-state index is -0.461. The number of hydrogen-bond donors (Lipinski definition) is 0. The van der Waals surface area contributed by atoms with Gasteiger partial charge in [0.05, 0.1) is 18.9 Å². The van der Waals surface area contributed by atoms with Crippen molar-refractivity contribution in [2.24, 2.45) is 0 Å². The lowest BCUT2D eigenvalue weighted by molar-refractivity contribution is -0.181. The predicted molar refractivity (Wildman–Crippen MR) is 105 cm³/mol. The van der Waals surface area contributed by atoms with Crippen LogP contribution in [0.25, 0.3) is 11.4 Å². The molecule has 0 atom stereocenters. The van der Waals surface area contributed by atoms with Gasteiger partial charge >= 0.3 is 0 Å². The first-order chi connectivity index (χ1) is 13.8. The molecule has 1 amide bonds. The summed E-state index contributed by atoms with van der Waals surface area (Å²) in [5, 5.41) is 0. The summed E-state index contributed by atoms with van der Waals surface area (Å²) >= 11 is 0. The molecular weight excluding hydrogens is 354 g/mol. The van der Waals surface area contributed by atoms with Gasteiger partial charge in [-0.25, -0.2) is 4.98 Å². The van der Waals surface area contributed by atoms with Crippen LogP contribution in [-0.2, 0) is 22.4 Å². The highest BCUT2D eigenvalue weighted by Crippen LogP contribution is 2.33. The van der Waals surface area contributed by atoms with E-state index in [2.05, 4.69) is 16.7 Å². The van der Waals surface area contributed by atoms with Crippen molar-refractivity contribution in [2.75, 3.05) is 26.3 Å². The molecule has 0 aliphatic carbocycles. The number of aromatic nitrogens is 2. The van der Waals surface area contributed by atoms with Crippen LogP contribution in [0.2, 0.25) is 0 Å². The maximum atomic E-state index is 13.4. The number of ether oxygens (including phenoxy) is 2. The fourth-order valence-electron chi connectivity index (χ4n) is 4.68. The van der Waals surface area contributed by atoms with Crippen molar-refractivity contribution in [3.8, 4) is 11.4 Å². The molecule has 148 valence electrons. The molecule has 2 fully saturated rings. The van der Waals surface area contributed by atoms with Gasteiger partial charge in [-0.15, -0.1) is 0 Å². The predicted octanol–water partition coefficient (Wildman–Crippen LogP) is 3.26. The minimum absolute atomic E-state index is 0.0562. The van der Waals surface area contributed by atoms with Gasteiger partial charge in [0, 0.05) is 38.0 Å². The van der Waals surface area contributed by atoms with Gasteiger partial charge in [0.15, 0.2) is 5.79 Å². The molecule has 3 aliphatic rings. The normalized spacial score (nSPS) is 21.5. The molecule has 6 heteroatoms. The summed E-state index contributed by atoms with van der Waals surface area (Å²) in [6.45, 7) is 3.56. The highest BCUT2D eigenvalue weighted by atomic mass is 16.7. The van der Waals surface area contributed by atoms with Gasteiger partial charge in [-0.2, -0.15) is 0 Å². The number of imidazole rings is 1. The molecule has 3 aliphatic heterocycles. The lowest BCUT2D eigenvalue weighted by Crippen LogP contribution is -2.47. The van der Waals surface area contributed by atoms with E-state index in [-0.39, 0.29) is 5.91 Å². The van der Waals surface area contributed by atoms with Crippen molar-refractivity contribution in [1.29, 1.82) is 0 Å². The molecule has 5 rings (SSSR count). The van der Waals surface area contributed by atoms with Gasteiger partial charge < -0.3 is 18.9 Å². The Labute approximate surface area is 165 Å². The standard InChI is InChI=1S/C22H27N3O3/c26-21(24-13-10-22(11-14-24)27-15-16-28-22)19-18-9-5-2-6-12-25(18)20(23-19)17-7-3-1-4-8-17/h1,3-4,7-8H,2,5-6,9-16H2. The molecule has 28 heavy (non-hydrogen) atoms. The maximum absolute atomic E-state index is 13.4. The fraction of sp³-hybridized carbons (Fsp3) is 0.545. The second kappa shape index (κ2) is 7.33. The summed E-state index contributed by atoms with van der Waals surface area (Å²) in [4.78, 5) is 20.2. The smallest absolute Gasteiger partial charge is 0.274 e. The fourth-order valence-corrected chi connectivity index (χ4v) is 4.68. The number of amides is 1. The largest absolute Gasteiger partial charge is 0.347 e. The van der Waals surface area contributed by atoms with Crippen molar-refractivity contribution in [2.45, 2.75) is 50.9 Å². The van der Waals surface area contributed by atoms with Crippen molar-refractivity contribution in [3.05, 3.63) is 41.7 Å². The van der Waals surface area contributed by atoms with Crippen LogP contribution in [0.15, 0.2) is 30.3 Å². The van der Waals surface area contributed by atoms with Gasteiger partial charge in [0.25, 0.3) is 5.91 Å². The molecule has 1 spiro atoms. The second-order valence-electron chi connectivity index (χ2n) is 7.96. The third kappa shape index (κ3) is 3.14. The van der Waals surface area contributed by atoms with Crippen molar-refractivity contribution >= 4 is 5.91 Å². The van der Waals surface area contributed by atoms with Crippen molar-refractivity contribution in [3.63, 3.8) is 0 Å². The zero-order chi connectivity index (χ0) is 19.0.